The van der Waals surface area contributed by atoms with Crippen LogP contribution in [0.3, 0.4) is 0 Å². The van der Waals surface area contributed by atoms with E-state index in [1.54, 1.807) is 26.3 Å². The molecule has 0 aliphatic rings. The van der Waals surface area contributed by atoms with E-state index in [4.69, 9.17) is 4.74 Å². The third-order valence-electron chi connectivity index (χ3n) is 3.72. The van der Waals surface area contributed by atoms with E-state index in [0.29, 0.717) is 17.1 Å². The lowest BCUT2D eigenvalue weighted by Gasteiger charge is -2.12. The second-order valence-electron chi connectivity index (χ2n) is 5.09. The second-order valence-corrected chi connectivity index (χ2v) is 5.09. The quantitative estimate of drug-likeness (QED) is 0.800. The lowest BCUT2D eigenvalue weighted by Crippen LogP contribution is -2.03. The van der Waals surface area contributed by atoms with Crippen LogP contribution in [0.5, 0.6) is 5.75 Å². The van der Waals surface area contributed by atoms with Crippen molar-refractivity contribution in [2.75, 3.05) is 7.11 Å². The molecule has 5 nitrogen and oxygen atoms in total. The summed E-state index contributed by atoms with van der Waals surface area (Å²) in [7, 11) is 1.60. The highest BCUT2D eigenvalue weighted by atomic mass is 16.5. The van der Waals surface area contributed by atoms with E-state index in [0.717, 1.165) is 11.4 Å². The monoisotopic (exact) mass is 308 g/mol. The minimum atomic E-state index is -0.957. The van der Waals surface area contributed by atoms with Gasteiger partial charge in [0.05, 0.1) is 24.1 Å². The van der Waals surface area contributed by atoms with Crippen LogP contribution in [0.4, 0.5) is 0 Å². The molecule has 0 aliphatic carbocycles. The number of nitrogens with zero attached hydrogens (tertiary/aromatic N) is 2. The molecule has 3 rings (SSSR count). The predicted octanol–water partition coefficient (Wildman–Crippen LogP) is 3.55. The van der Waals surface area contributed by atoms with Crippen LogP contribution < -0.4 is 4.74 Å². The molecule has 5 heteroatoms. The van der Waals surface area contributed by atoms with Crippen molar-refractivity contribution in [2.24, 2.45) is 0 Å². The molecule has 0 fully saturated rings. The van der Waals surface area contributed by atoms with Gasteiger partial charge in [-0.05, 0) is 37.3 Å². The molecular weight excluding hydrogens is 292 g/mol. The zero-order chi connectivity index (χ0) is 16.4. The van der Waals surface area contributed by atoms with E-state index >= 15 is 0 Å². The van der Waals surface area contributed by atoms with E-state index in [9.17, 15) is 9.90 Å². The molecule has 0 unspecified atom stereocenters. The zero-order valence-electron chi connectivity index (χ0n) is 12.9. The van der Waals surface area contributed by atoms with Gasteiger partial charge in [-0.3, -0.25) is 4.98 Å². The van der Waals surface area contributed by atoms with Crippen LogP contribution in [-0.4, -0.2) is 27.7 Å². The number of ether oxygens (including phenoxy) is 1. The highest BCUT2D eigenvalue weighted by Gasteiger charge is 2.19. The van der Waals surface area contributed by atoms with E-state index < -0.39 is 5.97 Å². The Hall–Kier alpha value is -3.08. The summed E-state index contributed by atoms with van der Waals surface area (Å²) in [6.45, 7) is 1.79. The summed E-state index contributed by atoms with van der Waals surface area (Å²) < 4.78 is 7.15. The Morgan fingerprint density at radius 1 is 1.17 bits per heavy atom. The first-order chi connectivity index (χ1) is 11.1. The molecule has 0 saturated heterocycles. The SMILES string of the molecule is COc1cccc(-n2c(-c3ccccn3)cc(C(=O)O)c2C)c1. The molecule has 1 N–H and O–H groups in total. The molecule has 2 heterocycles. The largest absolute Gasteiger partial charge is 0.497 e. The van der Waals surface area contributed by atoms with E-state index in [2.05, 4.69) is 4.98 Å². The molecule has 0 aliphatic heterocycles. The topological polar surface area (TPSA) is 64.4 Å². The number of methoxy groups -OCH3 is 1. The summed E-state index contributed by atoms with van der Waals surface area (Å²) in [6.07, 6.45) is 1.69. The van der Waals surface area contributed by atoms with Gasteiger partial charge < -0.3 is 14.4 Å². The van der Waals surface area contributed by atoms with Gasteiger partial charge in [-0.2, -0.15) is 0 Å². The van der Waals surface area contributed by atoms with Gasteiger partial charge in [0.1, 0.15) is 5.75 Å². The van der Waals surface area contributed by atoms with E-state index in [1.165, 1.54) is 0 Å². The number of rotatable bonds is 4. The van der Waals surface area contributed by atoms with Crippen LogP contribution >= 0.6 is 0 Å². The Morgan fingerprint density at radius 3 is 2.65 bits per heavy atom. The van der Waals surface area contributed by atoms with Crippen LogP contribution in [0.25, 0.3) is 17.1 Å². The van der Waals surface area contributed by atoms with Crippen molar-refractivity contribution in [1.82, 2.24) is 9.55 Å². The molecule has 1 aromatic carbocycles. The third-order valence-corrected chi connectivity index (χ3v) is 3.72. The van der Waals surface area contributed by atoms with Crippen LogP contribution in [0.1, 0.15) is 16.1 Å². The Labute approximate surface area is 133 Å². The van der Waals surface area contributed by atoms with Crippen molar-refractivity contribution in [1.29, 1.82) is 0 Å². The van der Waals surface area contributed by atoms with Crippen molar-refractivity contribution in [3.63, 3.8) is 0 Å². The Morgan fingerprint density at radius 2 is 2.00 bits per heavy atom. The van der Waals surface area contributed by atoms with Crippen LogP contribution in [-0.2, 0) is 0 Å². The number of carbonyl (C=O) groups is 1. The number of aromatic carboxylic acids is 1. The fourth-order valence-corrected chi connectivity index (χ4v) is 2.61. The Bertz CT molecular complexity index is 854. The third kappa shape index (κ3) is 2.68. The minimum Gasteiger partial charge on any atom is -0.497 e. The first-order valence-electron chi connectivity index (χ1n) is 7.13. The zero-order valence-corrected chi connectivity index (χ0v) is 12.9. The average molecular weight is 308 g/mol. The van der Waals surface area contributed by atoms with Crippen molar-refractivity contribution >= 4 is 5.97 Å². The molecule has 0 radical (unpaired) electrons. The molecule has 116 valence electrons. The molecule has 0 amide bonds. The first kappa shape index (κ1) is 14.8. The average Bonchev–Trinajstić information content (AvgIpc) is 2.93. The molecule has 0 saturated carbocycles. The van der Waals surface area contributed by atoms with Gasteiger partial charge in [-0.25, -0.2) is 4.79 Å². The Kier molecular flexibility index (Phi) is 3.85. The maximum atomic E-state index is 11.5. The molecule has 2 aromatic heterocycles. The second kappa shape index (κ2) is 5.96. The number of carboxylic acid groups (broad SMARTS) is 1. The maximum absolute atomic E-state index is 11.5. The first-order valence-corrected chi connectivity index (χ1v) is 7.13. The molecule has 0 atom stereocenters. The Balaban J connectivity index is 2.27. The number of hydrogen-bond acceptors (Lipinski definition) is 3. The normalized spacial score (nSPS) is 10.5. The van der Waals surface area contributed by atoms with Crippen molar-refractivity contribution in [3.8, 4) is 22.8 Å². The summed E-state index contributed by atoms with van der Waals surface area (Å²) in [6, 6.07) is 14.7. The standard InChI is InChI=1S/C18H16N2O3/c1-12-15(18(21)22)11-17(16-8-3-4-9-19-16)20(12)13-6-5-7-14(10-13)23-2/h3-11H,1-2H3,(H,21,22). The molecule has 0 bridgehead atoms. The highest BCUT2D eigenvalue weighted by Crippen LogP contribution is 2.29. The lowest BCUT2D eigenvalue weighted by molar-refractivity contribution is 0.0696. The van der Waals surface area contributed by atoms with E-state index in [1.807, 2.05) is 47.0 Å². The van der Waals surface area contributed by atoms with E-state index in [-0.39, 0.29) is 5.56 Å². The summed E-state index contributed by atoms with van der Waals surface area (Å²) in [4.78, 5) is 15.9. The summed E-state index contributed by atoms with van der Waals surface area (Å²) >= 11 is 0. The fraction of sp³-hybridized carbons (Fsp3) is 0.111. The van der Waals surface area contributed by atoms with Crippen LogP contribution in [0.2, 0.25) is 0 Å². The smallest absolute Gasteiger partial charge is 0.337 e. The predicted molar refractivity (Wildman–Crippen MR) is 87.2 cm³/mol. The number of aromatic nitrogens is 2. The summed E-state index contributed by atoms with van der Waals surface area (Å²) in [5.74, 6) is -0.249. The number of pyridine rings is 1. The van der Waals surface area contributed by atoms with Crippen molar-refractivity contribution in [2.45, 2.75) is 6.92 Å². The number of hydrogen-bond donors (Lipinski definition) is 1. The summed E-state index contributed by atoms with van der Waals surface area (Å²) in [5, 5.41) is 9.44. The van der Waals surface area contributed by atoms with Crippen LogP contribution in [0.15, 0.2) is 54.7 Å². The van der Waals surface area contributed by atoms with Gasteiger partial charge in [0.2, 0.25) is 0 Å². The van der Waals surface area contributed by atoms with Gasteiger partial charge in [0.15, 0.2) is 0 Å². The van der Waals surface area contributed by atoms with Crippen molar-refractivity contribution < 1.29 is 14.6 Å². The number of carboxylic acids is 1. The molecule has 23 heavy (non-hydrogen) atoms. The highest BCUT2D eigenvalue weighted by molar-refractivity contribution is 5.91. The summed E-state index contributed by atoms with van der Waals surface area (Å²) in [5.41, 5.74) is 3.18. The van der Waals surface area contributed by atoms with Gasteiger partial charge in [0, 0.05) is 23.6 Å². The lowest BCUT2D eigenvalue weighted by atomic mass is 10.2. The minimum absolute atomic E-state index is 0.258. The fourth-order valence-electron chi connectivity index (χ4n) is 2.61. The maximum Gasteiger partial charge on any atom is 0.337 e. The van der Waals surface area contributed by atoms with Gasteiger partial charge in [0.25, 0.3) is 0 Å². The van der Waals surface area contributed by atoms with Crippen molar-refractivity contribution in [3.05, 3.63) is 66.0 Å². The van der Waals surface area contributed by atoms with Crippen LogP contribution in [0, 0.1) is 6.92 Å². The molecular formula is C18H16N2O3. The molecule has 0 spiro atoms. The van der Waals surface area contributed by atoms with Gasteiger partial charge in [-0.15, -0.1) is 0 Å². The number of benzene rings is 1. The van der Waals surface area contributed by atoms with Gasteiger partial charge in [-0.1, -0.05) is 12.1 Å². The molecule has 3 aromatic rings. The van der Waals surface area contributed by atoms with Gasteiger partial charge >= 0.3 is 5.97 Å².